The summed E-state index contributed by atoms with van der Waals surface area (Å²) >= 11 is 0. The summed E-state index contributed by atoms with van der Waals surface area (Å²) in [6.07, 6.45) is 3.80. The lowest BCUT2D eigenvalue weighted by Gasteiger charge is -2.14. The summed E-state index contributed by atoms with van der Waals surface area (Å²) in [7, 11) is 0. The van der Waals surface area contributed by atoms with Gasteiger partial charge in [0.2, 0.25) is 0 Å². The smallest absolute Gasteiger partial charge is 0.191 e. The third-order valence-corrected chi connectivity index (χ3v) is 4.72. The minimum absolute atomic E-state index is 0.225. The highest BCUT2D eigenvalue weighted by molar-refractivity contribution is 5.79. The van der Waals surface area contributed by atoms with Crippen molar-refractivity contribution < 1.29 is 14.2 Å². The van der Waals surface area contributed by atoms with Gasteiger partial charge in [0.15, 0.2) is 5.96 Å². The van der Waals surface area contributed by atoms with Crippen LogP contribution in [0.25, 0.3) is 0 Å². The van der Waals surface area contributed by atoms with Gasteiger partial charge in [0.1, 0.15) is 17.6 Å². The normalized spacial score (nSPS) is 18.8. The molecule has 2 N–H and O–H groups in total. The van der Waals surface area contributed by atoms with Crippen molar-refractivity contribution >= 4 is 5.96 Å². The largest absolute Gasteiger partial charge is 0.494 e. The molecule has 6 heteroatoms. The number of ether oxygens (including phenoxy) is 3. The molecule has 1 heterocycles. The quantitative estimate of drug-likeness (QED) is 0.374. The van der Waals surface area contributed by atoms with E-state index in [2.05, 4.69) is 36.6 Å². The Morgan fingerprint density at radius 1 is 1.26 bits per heavy atom. The summed E-state index contributed by atoms with van der Waals surface area (Å²) in [5, 5.41) is 6.62. The molecule has 1 aromatic rings. The average Bonchev–Trinajstić information content (AvgIpc) is 3.39. The summed E-state index contributed by atoms with van der Waals surface area (Å²) in [5.74, 6) is 3.46. The first-order valence-corrected chi connectivity index (χ1v) is 10.2. The first-order chi connectivity index (χ1) is 13.2. The first kappa shape index (κ1) is 19.8. The van der Waals surface area contributed by atoms with Crippen LogP contribution in [0.5, 0.6) is 11.5 Å². The molecule has 1 aliphatic carbocycles. The van der Waals surface area contributed by atoms with E-state index >= 15 is 0 Å². The molecule has 0 saturated heterocycles. The number of benzene rings is 1. The first-order valence-electron chi connectivity index (χ1n) is 10.2. The van der Waals surface area contributed by atoms with Gasteiger partial charge in [0, 0.05) is 37.2 Å². The number of aliphatic imine (C=N–C) groups is 1. The maximum Gasteiger partial charge on any atom is 0.191 e. The Bertz CT molecular complexity index is 644. The molecule has 1 saturated carbocycles. The van der Waals surface area contributed by atoms with E-state index in [0.717, 1.165) is 55.1 Å². The number of fused-ring (bicyclic) bond motifs is 1. The molecule has 3 rings (SSSR count). The predicted octanol–water partition coefficient (Wildman–Crippen LogP) is 2.89. The Hall–Kier alpha value is -1.95. The van der Waals surface area contributed by atoms with Gasteiger partial charge in [0.25, 0.3) is 0 Å². The van der Waals surface area contributed by atoms with E-state index in [-0.39, 0.29) is 6.10 Å². The number of nitrogens with zero attached hydrogens (tertiary/aromatic N) is 1. The lowest BCUT2D eigenvalue weighted by molar-refractivity contribution is 0.129. The molecule has 1 aliphatic heterocycles. The zero-order chi connectivity index (χ0) is 19.1. The second-order valence-electron chi connectivity index (χ2n) is 7.27. The molecular formula is C21H33N3O3. The van der Waals surface area contributed by atoms with Crippen LogP contribution < -0.4 is 20.1 Å². The molecule has 0 radical (unpaired) electrons. The Balaban J connectivity index is 1.59. The van der Waals surface area contributed by atoms with Gasteiger partial charge in [-0.05, 0) is 51.7 Å². The molecule has 6 nitrogen and oxygen atoms in total. The summed E-state index contributed by atoms with van der Waals surface area (Å²) in [5.41, 5.74) is 2.27. The highest BCUT2D eigenvalue weighted by Gasteiger charge is 2.22. The van der Waals surface area contributed by atoms with Crippen LogP contribution in [0, 0.1) is 5.92 Å². The average molecular weight is 376 g/mol. The van der Waals surface area contributed by atoms with Crippen LogP contribution in [-0.2, 0) is 17.7 Å². The topological polar surface area (TPSA) is 64.1 Å². The number of nitrogens with one attached hydrogen (secondary N) is 2. The Labute approximate surface area is 162 Å². The van der Waals surface area contributed by atoms with Gasteiger partial charge in [-0.15, -0.1) is 0 Å². The molecule has 2 aliphatic rings. The monoisotopic (exact) mass is 375 g/mol. The fraction of sp³-hybridized carbons (Fsp3) is 0.667. The van der Waals surface area contributed by atoms with E-state index in [1.54, 1.807) is 0 Å². The lowest BCUT2D eigenvalue weighted by Crippen LogP contribution is -2.39. The predicted molar refractivity (Wildman–Crippen MR) is 108 cm³/mol. The van der Waals surface area contributed by atoms with E-state index < -0.39 is 0 Å². The van der Waals surface area contributed by atoms with Crippen LogP contribution in [0.3, 0.4) is 0 Å². The Morgan fingerprint density at radius 2 is 2.11 bits per heavy atom. The summed E-state index contributed by atoms with van der Waals surface area (Å²) in [6, 6.07) is 4.19. The molecule has 0 bridgehead atoms. The zero-order valence-corrected chi connectivity index (χ0v) is 16.8. The van der Waals surface area contributed by atoms with E-state index in [4.69, 9.17) is 19.2 Å². The van der Waals surface area contributed by atoms with Gasteiger partial charge < -0.3 is 24.8 Å². The zero-order valence-electron chi connectivity index (χ0n) is 16.8. The number of hydrogen-bond acceptors (Lipinski definition) is 4. The van der Waals surface area contributed by atoms with Gasteiger partial charge in [-0.1, -0.05) is 0 Å². The summed E-state index contributed by atoms with van der Waals surface area (Å²) in [4.78, 5) is 4.72. The van der Waals surface area contributed by atoms with Gasteiger partial charge >= 0.3 is 0 Å². The van der Waals surface area contributed by atoms with Gasteiger partial charge in [-0.25, -0.2) is 4.99 Å². The molecule has 150 valence electrons. The molecule has 0 spiro atoms. The number of hydrogen-bond donors (Lipinski definition) is 2. The summed E-state index contributed by atoms with van der Waals surface area (Å²) in [6.45, 7) is 10.5. The van der Waals surface area contributed by atoms with Crippen molar-refractivity contribution in [2.45, 2.75) is 52.7 Å². The molecule has 1 fully saturated rings. The standard InChI is InChI=1S/C21H33N3O3/c1-4-22-21(23-8-9-25-14-16-6-7-16)24-13-18-12-20-17(10-15(3)27-20)11-19(18)26-5-2/h11-12,15-16H,4-10,13-14H2,1-3H3,(H2,22,23,24). The van der Waals surface area contributed by atoms with Crippen molar-refractivity contribution in [3.05, 3.63) is 23.3 Å². The van der Waals surface area contributed by atoms with E-state index in [9.17, 15) is 0 Å². The second kappa shape index (κ2) is 9.83. The highest BCUT2D eigenvalue weighted by Crippen LogP contribution is 2.35. The molecule has 0 aromatic heterocycles. The maximum atomic E-state index is 5.90. The SMILES string of the molecule is CCNC(=NCc1cc2c(cc1OCC)CC(C)O2)NCCOCC1CC1. The van der Waals surface area contributed by atoms with Crippen molar-refractivity contribution in [2.24, 2.45) is 10.9 Å². The van der Waals surface area contributed by atoms with Crippen molar-refractivity contribution in [2.75, 3.05) is 32.9 Å². The van der Waals surface area contributed by atoms with Crippen LogP contribution in [0.2, 0.25) is 0 Å². The fourth-order valence-corrected chi connectivity index (χ4v) is 3.18. The molecule has 27 heavy (non-hydrogen) atoms. The Morgan fingerprint density at radius 3 is 2.85 bits per heavy atom. The number of guanidine groups is 1. The third-order valence-electron chi connectivity index (χ3n) is 4.72. The minimum atomic E-state index is 0.225. The van der Waals surface area contributed by atoms with Crippen molar-refractivity contribution in [3.63, 3.8) is 0 Å². The fourth-order valence-electron chi connectivity index (χ4n) is 3.18. The molecule has 0 amide bonds. The van der Waals surface area contributed by atoms with Crippen molar-refractivity contribution in [3.8, 4) is 11.5 Å². The minimum Gasteiger partial charge on any atom is -0.494 e. The molecule has 1 atom stereocenters. The van der Waals surface area contributed by atoms with Crippen LogP contribution in [0.1, 0.15) is 44.7 Å². The molecular weight excluding hydrogens is 342 g/mol. The third kappa shape index (κ3) is 6.03. The van der Waals surface area contributed by atoms with Crippen LogP contribution in [0.15, 0.2) is 17.1 Å². The van der Waals surface area contributed by atoms with E-state index in [1.807, 2.05) is 6.92 Å². The van der Waals surface area contributed by atoms with Crippen molar-refractivity contribution in [1.29, 1.82) is 0 Å². The lowest BCUT2D eigenvalue weighted by atomic mass is 10.1. The van der Waals surface area contributed by atoms with Crippen molar-refractivity contribution in [1.82, 2.24) is 10.6 Å². The molecule has 1 unspecified atom stereocenters. The van der Waals surface area contributed by atoms with Crippen LogP contribution >= 0.6 is 0 Å². The number of rotatable bonds is 10. The van der Waals surface area contributed by atoms with Gasteiger partial charge in [0.05, 0.1) is 19.8 Å². The van der Waals surface area contributed by atoms with Gasteiger partial charge in [-0.3, -0.25) is 0 Å². The maximum absolute atomic E-state index is 5.90. The van der Waals surface area contributed by atoms with Crippen LogP contribution in [-0.4, -0.2) is 45.0 Å². The summed E-state index contributed by atoms with van der Waals surface area (Å²) < 4.78 is 17.4. The van der Waals surface area contributed by atoms with E-state index in [1.165, 1.54) is 18.4 Å². The second-order valence-corrected chi connectivity index (χ2v) is 7.27. The molecule has 1 aromatic carbocycles. The van der Waals surface area contributed by atoms with Gasteiger partial charge in [-0.2, -0.15) is 0 Å². The highest BCUT2D eigenvalue weighted by atomic mass is 16.5. The Kier molecular flexibility index (Phi) is 7.21. The van der Waals surface area contributed by atoms with Crippen LogP contribution in [0.4, 0.5) is 0 Å². The van der Waals surface area contributed by atoms with E-state index in [0.29, 0.717) is 19.8 Å².